The van der Waals surface area contributed by atoms with Gasteiger partial charge in [0.1, 0.15) is 11.5 Å². The lowest BCUT2D eigenvalue weighted by molar-refractivity contribution is 0.551. The number of furan rings is 1. The standard InChI is InChI=1S/C48H30N2O/c1-2-12-38-37(11-1)36(22-23-39(38)42-24-19-33-16-15-32-10-5-27-49-47(32)48(33)50-42)34-8-4-9-35(28-34)43-25-26-44(51-43)40-20-17-31-14-13-29-6-3-7-30-18-21-41(40)46(31)45(29)30/h1-28,41,46H/i1D,2D,3D,4D,5D,6D,7D,8D,10D,11D,12D,13D,14D,15D,16D,17D,18D,19D,20D,21D,22D,23D,24D,25D,26D,27D,28D. The molecule has 51 heavy (non-hydrogen) atoms. The second kappa shape index (κ2) is 11.0. The van der Waals surface area contributed by atoms with Gasteiger partial charge >= 0.3 is 0 Å². The monoisotopic (exact) mass is 677 g/mol. The van der Waals surface area contributed by atoms with Gasteiger partial charge in [-0.1, -0.05) is 133 Å². The van der Waals surface area contributed by atoms with Gasteiger partial charge < -0.3 is 4.42 Å². The predicted molar refractivity (Wildman–Crippen MR) is 210 cm³/mol. The average molecular weight is 678 g/mol. The zero-order chi connectivity index (χ0) is 57.0. The minimum atomic E-state index is -1.59. The summed E-state index contributed by atoms with van der Waals surface area (Å²) < 4.78 is 248. The Balaban J connectivity index is 1.18. The third-order valence-electron chi connectivity index (χ3n) is 8.78. The molecular weight excluding hydrogens is 621 g/mol. The summed E-state index contributed by atoms with van der Waals surface area (Å²) in [6.07, 6.45) is -0.753. The van der Waals surface area contributed by atoms with E-state index in [1.54, 1.807) is 0 Å². The molecule has 3 aliphatic carbocycles. The molecule has 0 N–H and O–H groups in total. The maximum Gasteiger partial charge on any atom is 0.134 e. The number of allylic oxidation sites excluding steroid dienone is 6. The number of nitrogens with zero attached hydrogens (tertiary/aromatic N) is 2. The van der Waals surface area contributed by atoms with Gasteiger partial charge in [0.15, 0.2) is 0 Å². The van der Waals surface area contributed by atoms with E-state index < -0.39 is 253 Å². The van der Waals surface area contributed by atoms with Crippen molar-refractivity contribution in [2.75, 3.05) is 0 Å². The van der Waals surface area contributed by atoms with Crippen LogP contribution in [0.15, 0.2) is 167 Å². The quantitative estimate of drug-likeness (QED) is 0.174. The van der Waals surface area contributed by atoms with Crippen LogP contribution in [0, 0.1) is 5.92 Å². The molecule has 3 nitrogen and oxygen atoms in total. The van der Waals surface area contributed by atoms with Crippen molar-refractivity contribution in [2.45, 2.75) is 5.92 Å². The van der Waals surface area contributed by atoms with Crippen molar-refractivity contribution in [3.05, 3.63) is 185 Å². The summed E-state index contributed by atoms with van der Waals surface area (Å²) in [5.41, 5.74) is -5.70. The van der Waals surface area contributed by atoms with Crippen LogP contribution in [0.4, 0.5) is 0 Å². The Morgan fingerprint density at radius 2 is 1.41 bits per heavy atom. The van der Waals surface area contributed by atoms with Crippen molar-refractivity contribution in [3.8, 4) is 33.7 Å². The molecule has 3 aliphatic rings. The lowest BCUT2D eigenvalue weighted by Gasteiger charge is -2.37. The Labute approximate surface area is 333 Å². The number of benzene rings is 5. The van der Waals surface area contributed by atoms with Gasteiger partial charge in [-0.25, -0.2) is 4.98 Å². The van der Waals surface area contributed by atoms with E-state index in [4.69, 9.17) is 27.7 Å². The van der Waals surface area contributed by atoms with Gasteiger partial charge in [0.05, 0.1) is 53.7 Å². The van der Waals surface area contributed by atoms with Crippen LogP contribution in [0.5, 0.6) is 0 Å². The van der Waals surface area contributed by atoms with Crippen molar-refractivity contribution in [3.63, 3.8) is 0 Å². The summed E-state index contributed by atoms with van der Waals surface area (Å²) in [7, 11) is 0. The molecule has 0 saturated carbocycles. The van der Waals surface area contributed by atoms with Gasteiger partial charge in [0.25, 0.3) is 0 Å². The van der Waals surface area contributed by atoms with Gasteiger partial charge in [-0.15, -0.1) is 0 Å². The van der Waals surface area contributed by atoms with Gasteiger partial charge in [0, 0.05) is 45.5 Å². The molecule has 0 radical (unpaired) electrons. The van der Waals surface area contributed by atoms with E-state index in [9.17, 15) is 13.7 Å². The second-order valence-corrected chi connectivity index (χ2v) is 11.6. The maximum atomic E-state index is 9.65. The molecule has 0 amide bonds. The van der Waals surface area contributed by atoms with Crippen molar-refractivity contribution >= 4 is 50.3 Å². The molecule has 8 aromatic rings. The van der Waals surface area contributed by atoms with E-state index in [1.165, 1.54) is 0 Å². The topological polar surface area (TPSA) is 38.9 Å². The molecule has 0 saturated heterocycles. The Morgan fingerprint density at radius 1 is 0.608 bits per heavy atom. The molecule has 0 bridgehead atoms. The SMILES string of the molecule is [2H]C1=C([2H])c2c([2H])c([2H])c([2H])c3c2C2C1=C([2H])C([2H])=C(c1oc(-c4cc([2H])c([2H])c(-c5c([2H])c([2H])c(-c6nc7c(c([2H])c6[2H])c([2H])c([2H])c6c([2H])c([2H])c([2H])nc67)c6c([2H])c([2H])c([2H])c([2H])c56)c4[2H])c([2H])c1[2H])C2C([2H])=C3[2H]. The third kappa shape index (κ3) is 4.38. The third-order valence-corrected chi connectivity index (χ3v) is 8.78. The zero-order valence-corrected chi connectivity index (χ0v) is 25.5. The fourth-order valence-corrected chi connectivity index (χ4v) is 6.48. The van der Waals surface area contributed by atoms with Gasteiger partial charge in [-0.2, -0.15) is 0 Å². The van der Waals surface area contributed by atoms with E-state index in [-0.39, 0.29) is 22.3 Å². The molecular formula is C48H30N2O. The highest BCUT2D eigenvalue weighted by Crippen LogP contribution is 2.51. The minimum absolute atomic E-state index is 0.0964. The van der Waals surface area contributed by atoms with Crippen molar-refractivity contribution in [1.29, 1.82) is 0 Å². The number of fused-ring (bicyclic) bond motifs is 4. The molecule has 3 heterocycles. The first-order valence-corrected chi connectivity index (χ1v) is 15.4. The van der Waals surface area contributed by atoms with Crippen molar-refractivity contribution in [1.82, 2.24) is 9.97 Å². The van der Waals surface area contributed by atoms with Gasteiger partial charge in [-0.05, 0) is 74.4 Å². The number of pyridine rings is 2. The maximum absolute atomic E-state index is 9.65. The average Bonchev–Trinajstić information content (AvgIpc) is 3.84. The van der Waals surface area contributed by atoms with Crippen LogP contribution in [0.1, 0.15) is 65.4 Å². The number of rotatable bonds is 4. The first-order valence-electron chi connectivity index (χ1n) is 28.9. The van der Waals surface area contributed by atoms with Crippen molar-refractivity contribution < 1.29 is 41.4 Å². The van der Waals surface area contributed by atoms with Crippen LogP contribution >= 0.6 is 0 Å². The molecule has 3 heteroatoms. The lowest BCUT2D eigenvalue weighted by atomic mass is 9.66. The van der Waals surface area contributed by atoms with Crippen LogP contribution < -0.4 is 0 Å². The number of hydrogen-bond acceptors (Lipinski definition) is 3. The highest BCUT2D eigenvalue weighted by molar-refractivity contribution is 6.07. The number of hydrogen-bond donors (Lipinski definition) is 0. The lowest BCUT2D eigenvalue weighted by Crippen LogP contribution is -2.23. The molecule has 5 aromatic carbocycles. The van der Waals surface area contributed by atoms with Gasteiger partial charge in [0.2, 0.25) is 0 Å². The Morgan fingerprint density at radius 3 is 2.33 bits per heavy atom. The molecule has 0 aliphatic heterocycles. The summed E-state index contributed by atoms with van der Waals surface area (Å²) in [4.78, 5) is 8.48. The van der Waals surface area contributed by atoms with E-state index >= 15 is 0 Å². The first-order chi connectivity index (χ1) is 36.5. The minimum Gasteiger partial charge on any atom is -0.456 e. The largest absolute Gasteiger partial charge is 0.456 e. The normalized spacial score (nSPS) is 25.7. The highest BCUT2D eigenvalue weighted by Gasteiger charge is 2.37. The molecule has 2 atom stereocenters. The van der Waals surface area contributed by atoms with Crippen LogP contribution in [-0.2, 0) is 0 Å². The molecule has 3 aromatic heterocycles. The molecule has 11 rings (SSSR count). The van der Waals surface area contributed by atoms with E-state index in [1.807, 2.05) is 0 Å². The summed E-state index contributed by atoms with van der Waals surface area (Å²) in [6.45, 7) is 0. The second-order valence-electron chi connectivity index (χ2n) is 11.6. The number of aromatic nitrogens is 2. The smallest absolute Gasteiger partial charge is 0.134 e. The Kier molecular flexibility index (Phi) is 2.72. The molecule has 0 spiro atoms. The Hall–Kier alpha value is -6.58. The fraction of sp³-hybridized carbons (Fsp3) is 0.0417. The Bertz CT molecular complexity index is 4420. The van der Waals surface area contributed by atoms with E-state index in [0.717, 1.165) is 6.07 Å². The summed E-state index contributed by atoms with van der Waals surface area (Å²) in [5, 5.41) is -2.19. The van der Waals surface area contributed by atoms with Crippen LogP contribution in [0.2, 0.25) is 0 Å². The predicted octanol–water partition coefficient (Wildman–Crippen LogP) is 12.3. The molecule has 2 unspecified atom stereocenters. The fourth-order valence-electron chi connectivity index (χ4n) is 6.48. The van der Waals surface area contributed by atoms with Crippen LogP contribution in [0.25, 0.3) is 84.0 Å². The van der Waals surface area contributed by atoms with Crippen molar-refractivity contribution in [2.24, 2.45) is 5.92 Å². The summed E-state index contributed by atoms with van der Waals surface area (Å²) in [5.74, 6) is -4.36. The van der Waals surface area contributed by atoms with Crippen LogP contribution in [0.3, 0.4) is 0 Å². The first kappa shape index (κ1) is 12.6. The highest BCUT2D eigenvalue weighted by atomic mass is 16.3. The van der Waals surface area contributed by atoms with E-state index in [0.29, 0.717) is 0 Å². The van der Waals surface area contributed by atoms with Crippen LogP contribution in [-0.4, -0.2) is 9.97 Å². The molecule has 0 fully saturated rings. The van der Waals surface area contributed by atoms with E-state index in [2.05, 4.69) is 9.97 Å². The summed E-state index contributed by atoms with van der Waals surface area (Å²) >= 11 is 0. The zero-order valence-electron chi connectivity index (χ0n) is 52.5. The van der Waals surface area contributed by atoms with Gasteiger partial charge in [-0.3, -0.25) is 4.98 Å². The summed E-state index contributed by atoms with van der Waals surface area (Å²) in [6, 6.07) is -19.3. The molecule has 238 valence electrons.